The van der Waals surface area contributed by atoms with E-state index in [2.05, 4.69) is 10.3 Å². The molecule has 0 atom stereocenters. The van der Waals surface area contributed by atoms with E-state index in [1.165, 1.54) is 0 Å². The minimum atomic E-state index is 0. The molecule has 1 heterocycles. The molecule has 1 aromatic heterocycles. The standard InChI is InChI=1S/C15H17ClN2O2.ClH/c1-19-14-7-12(6-13(16)15(14)20-2)10-18-9-11-4-3-5-17-8-11;/h3-8,18H,9-10H2,1-2H3;1H/p-1. The van der Waals surface area contributed by atoms with Crippen LogP contribution in [-0.4, -0.2) is 19.2 Å². The van der Waals surface area contributed by atoms with Gasteiger partial charge in [-0.1, -0.05) is 17.7 Å². The fourth-order valence-electron chi connectivity index (χ4n) is 1.93. The highest BCUT2D eigenvalue weighted by molar-refractivity contribution is 6.32. The molecule has 114 valence electrons. The Morgan fingerprint density at radius 2 is 1.90 bits per heavy atom. The molecule has 2 aromatic rings. The van der Waals surface area contributed by atoms with Crippen LogP contribution in [0.4, 0.5) is 0 Å². The molecule has 0 saturated carbocycles. The molecule has 1 N–H and O–H groups in total. The maximum Gasteiger partial charge on any atom is 0.179 e. The van der Waals surface area contributed by atoms with E-state index in [1.54, 1.807) is 20.4 Å². The summed E-state index contributed by atoms with van der Waals surface area (Å²) < 4.78 is 10.5. The molecular weight excluding hydrogens is 311 g/mol. The molecule has 0 amide bonds. The average molecular weight is 328 g/mol. The second-order valence-electron chi connectivity index (χ2n) is 4.28. The number of halogens is 2. The van der Waals surface area contributed by atoms with Crippen molar-refractivity contribution < 1.29 is 21.9 Å². The fraction of sp³-hybridized carbons (Fsp3) is 0.267. The van der Waals surface area contributed by atoms with Crippen LogP contribution in [0.1, 0.15) is 11.1 Å². The topological polar surface area (TPSA) is 43.4 Å². The molecule has 0 spiro atoms. The van der Waals surface area contributed by atoms with Gasteiger partial charge in [0.1, 0.15) is 0 Å². The van der Waals surface area contributed by atoms with Crippen molar-refractivity contribution in [3.05, 3.63) is 52.8 Å². The van der Waals surface area contributed by atoms with Gasteiger partial charge in [-0.15, -0.1) is 0 Å². The highest BCUT2D eigenvalue weighted by atomic mass is 35.5. The van der Waals surface area contributed by atoms with Gasteiger partial charge in [-0.3, -0.25) is 4.98 Å². The Morgan fingerprint density at radius 3 is 2.52 bits per heavy atom. The lowest BCUT2D eigenvalue weighted by molar-refractivity contribution is -0.00000461. The molecule has 21 heavy (non-hydrogen) atoms. The van der Waals surface area contributed by atoms with Crippen LogP contribution in [0.3, 0.4) is 0 Å². The zero-order chi connectivity index (χ0) is 14.4. The van der Waals surface area contributed by atoms with Gasteiger partial charge in [0.15, 0.2) is 11.5 Å². The van der Waals surface area contributed by atoms with Gasteiger partial charge in [0.05, 0.1) is 19.2 Å². The van der Waals surface area contributed by atoms with Gasteiger partial charge in [-0.05, 0) is 29.3 Å². The number of hydrogen-bond donors (Lipinski definition) is 1. The third kappa shape index (κ3) is 4.77. The van der Waals surface area contributed by atoms with Crippen LogP contribution in [0.5, 0.6) is 11.5 Å². The van der Waals surface area contributed by atoms with Crippen molar-refractivity contribution in [3.63, 3.8) is 0 Å². The summed E-state index contributed by atoms with van der Waals surface area (Å²) in [7, 11) is 3.17. The summed E-state index contributed by atoms with van der Waals surface area (Å²) >= 11 is 6.17. The highest BCUT2D eigenvalue weighted by Gasteiger charge is 2.10. The molecule has 6 heteroatoms. The number of nitrogens with one attached hydrogen (secondary N) is 1. The van der Waals surface area contributed by atoms with Gasteiger partial charge in [0, 0.05) is 25.5 Å². The second kappa shape index (κ2) is 8.72. The lowest BCUT2D eigenvalue weighted by Crippen LogP contribution is -3.00. The van der Waals surface area contributed by atoms with E-state index in [0.717, 1.165) is 17.7 Å². The Balaban J connectivity index is 0.00000220. The Labute approximate surface area is 135 Å². The largest absolute Gasteiger partial charge is 1.00 e. The first kappa shape index (κ1) is 17.6. The Bertz CT molecular complexity index is 565. The minimum absolute atomic E-state index is 0. The van der Waals surface area contributed by atoms with Gasteiger partial charge in [0.25, 0.3) is 0 Å². The maximum absolute atomic E-state index is 6.17. The van der Waals surface area contributed by atoms with Crippen LogP contribution >= 0.6 is 11.6 Å². The first-order valence-corrected chi connectivity index (χ1v) is 6.62. The van der Waals surface area contributed by atoms with Crippen LogP contribution in [0.2, 0.25) is 5.02 Å². The molecule has 0 bridgehead atoms. The number of ether oxygens (including phenoxy) is 2. The van der Waals surface area contributed by atoms with Crippen molar-refractivity contribution in [2.24, 2.45) is 0 Å². The van der Waals surface area contributed by atoms with Crippen LogP contribution < -0.4 is 27.2 Å². The predicted octanol–water partition coefficient (Wildman–Crippen LogP) is 0.0460. The zero-order valence-electron chi connectivity index (χ0n) is 11.9. The summed E-state index contributed by atoms with van der Waals surface area (Å²) in [5.41, 5.74) is 2.18. The van der Waals surface area contributed by atoms with Gasteiger partial charge < -0.3 is 27.2 Å². The Morgan fingerprint density at radius 1 is 1.14 bits per heavy atom. The van der Waals surface area contributed by atoms with E-state index < -0.39 is 0 Å². The SMILES string of the molecule is COc1cc(CNCc2cccnc2)cc(Cl)c1OC.[Cl-]. The van der Waals surface area contributed by atoms with Crippen molar-refractivity contribution in [2.45, 2.75) is 13.1 Å². The first-order chi connectivity index (χ1) is 9.74. The van der Waals surface area contributed by atoms with Crippen LogP contribution in [-0.2, 0) is 13.1 Å². The van der Waals surface area contributed by atoms with Crippen LogP contribution in [0, 0.1) is 0 Å². The van der Waals surface area contributed by atoms with Gasteiger partial charge in [0.2, 0.25) is 0 Å². The van der Waals surface area contributed by atoms with E-state index in [0.29, 0.717) is 23.1 Å². The van der Waals surface area contributed by atoms with E-state index >= 15 is 0 Å². The number of nitrogens with zero attached hydrogens (tertiary/aromatic N) is 1. The van der Waals surface area contributed by atoms with Crippen molar-refractivity contribution in [3.8, 4) is 11.5 Å². The van der Waals surface area contributed by atoms with Crippen molar-refractivity contribution in [1.82, 2.24) is 10.3 Å². The summed E-state index contributed by atoms with van der Waals surface area (Å²) in [6, 6.07) is 7.74. The number of hydrogen-bond acceptors (Lipinski definition) is 4. The quantitative estimate of drug-likeness (QED) is 0.814. The van der Waals surface area contributed by atoms with Gasteiger partial charge in [-0.2, -0.15) is 0 Å². The molecule has 2 rings (SSSR count). The monoisotopic (exact) mass is 327 g/mol. The molecule has 0 saturated heterocycles. The zero-order valence-corrected chi connectivity index (χ0v) is 13.4. The third-order valence-corrected chi connectivity index (χ3v) is 3.16. The predicted molar refractivity (Wildman–Crippen MR) is 79.3 cm³/mol. The van der Waals surface area contributed by atoms with Crippen molar-refractivity contribution in [1.29, 1.82) is 0 Å². The molecule has 0 aliphatic rings. The highest BCUT2D eigenvalue weighted by Crippen LogP contribution is 2.35. The molecule has 0 aliphatic carbocycles. The summed E-state index contributed by atoms with van der Waals surface area (Å²) in [6.45, 7) is 1.44. The smallest absolute Gasteiger partial charge is 0.179 e. The van der Waals surface area contributed by atoms with E-state index in [-0.39, 0.29) is 12.4 Å². The molecule has 0 aliphatic heterocycles. The normalized spacial score (nSPS) is 9.86. The molecule has 0 radical (unpaired) electrons. The summed E-state index contributed by atoms with van der Waals surface area (Å²) in [6.07, 6.45) is 3.60. The third-order valence-electron chi connectivity index (χ3n) is 2.87. The molecule has 0 fully saturated rings. The molecular formula is C15H17Cl2N2O2-. The Hall–Kier alpha value is -1.49. The van der Waals surface area contributed by atoms with E-state index in [4.69, 9.17) is 21.1 Å². The number of aromatic nitrogens is 1. The molecule has 4 nitrogen and oxygen atoms in total. The van der Waals surface area contributed by atoms with Crippen molar-refractivity contribution in [2.75, 3.05) is 14.2 Å². The number of methoxy groups -OCH3 is 2. The van der Waals surface area contributed by atoms with Crippen LogP contribution in [0.25, 0.3) is 0 Å². The number of pyridine rings is 1. The summed E-state index contributed by atoms with van der Waals surface area (Å²) in [4.78, 5) is 4.08. The van der Waals surface area contributed by atoms with E-state index in [9.17, 15) is 0 Å². The van der Waals surface area contributed by atoms with Gasteiger partial charge in [-0.25, -0.2) is 0 Å². The summed E-state index contributed by atoms with van der Waals surface area (Å²) in [5.74, 6) is 1.20. The molecule has 1 aromatic carbocycles. The van der Waals surface area contributed by atoms with Crippen LogP contribution in [0.15, 0.2) is 36.7 Å². The average Bonchev–Trinajstić information content (AvgIpc) is 2.47. The lowest BCUT2D eigenvalue weighted by Gasteiger charge is -2.12. The number of rotatable bonds is 6. The van der Waals surface area contributed by atoms with E-state index in [1.807, 2.05) is 30.5 Å². The fourth-order valence-corrected chi connectivity index (χ4v) is 2.24. The minimum Gasteiger partial charge on any atom is -1.00 e. The van der Waals surface area contributed by atoms with Crippen molar-refractivity contribution >= 4 is 11.6 Å². The summed E-state index contributed by atoms with van der Waals surface area (Å²) in [5, 5.41) is 3.89. The maximum atomic E-state index is 6.17. The van der Waals surface area contributed by atoms with Gasteiger partial charge >= 0.3 is 0 Å². The number of benzene rings is 1. The first-order valence-electron chi connectivity index (χ1n) is 6.24. The lowest BCUT2D eigenvalue weighted by atomic mass is 10.2. The molecule has 0 unspecified atom stereocenters. The second-order valence-corrected chi connectivity index (χ2v) is 4.69. The Kier molecular flexibility index (Phi) is 7.29.